The van der Waals surface area contributed by atoms with Gasteiger partial charge >= 0.3 is 0 Å². The summed E-state index contributed by atoms with van der Waals surface area (Å²) in [5.74, 6) is 0. The van der Waals surface area contributed by atoms with Gasteiger partial charge < -0.3 is 15.0 Å². The zero-order chi connectivity index (χ0) is 22.1. The molecular weight excluding hydrogens is 404 g/mol. The molecule has 3 aromatic heterocycles. The van der Waals surface area contributed by atoms with Gasteiger partial charge in [0.1, 0.15) is 5.65 Å². The fourth-order valence-electron chi connectivity index (χ4n) is 4.55. The minimum absolute atomic E-state index is 0.00820. The van der Waals surface area contributed by atoms with Gasteiger partial charge in [0.05, 0.1) is 35.7 Å². The molecule has 3 heterocycles. The van der Waals surface area contributed by atoms with E-state index in [9.17, 15) is 9.90 Å². The second-order valence-corrected chi connectivity index (χ2v) is 8.24. The van der Waals surface area contributed by atoms with Crippen molar-refractivity contribution < 1.29 is 5.11 Å². The maximum atomic E-state index is 13.4. The van der Waals surface area contributed by atoms with E-state index in [1.165, 1.54) is 11.1 Å². The van der Waals surface area contributed by atoms with Crippen LogP contribution in [0.5, 0.6) is 0 Å². The van der Waals surface area contributed by atoms with Crippen LogP contribution in [-0.2, 0) is 32.4 Å². The average Bonchev–Trinajstić information content (AvgIpc) is 3.42. The molecule has 0 amide bonds. The van der Waals surface area contributed by atoms with E-state index in [1.54, 1.807) is 10.9 Å². The lowest BCUT2D eigenvalue weighted by Gasteiger charge is -2.16. The predicted octanol–water partition coefficient (Wildman–Crippen LogP) is 2.17. The quantitative estimate of drug-likeness (QED) is 0.466. The van der Waals surface area contributed by atoms with Crippen molar-refractivity contribution in [3.8, 4) is 0 Å². The third-order valence-electron chi connectivity index (χ3n) is 6.14. The molecule has 1 aliphatic rings. The number of aliphatic hydroxyl groups is 1. The molecule has 8 heteroatoms. The van der Waals surface area contributed by atoms with Gasteiger partial charge in [-0.25, -0.2) is 9.67 Å². The number of aromatic nitrogens is 5. The van der Waals surface area contributed by atoms with Gasteiger partial charge in [0.2, 0.25) is 0 Å². The number of rotatable bonds is 7. The van der Waals surface area contributed by atoms with E-state index in [1.807, 2.05) is 30.0 Å². The summed E-state index contributed by atoms with van der Waals surface area (Å²) >= 11 is 0. The first-order valence-corrected chi connectivity index (χ1v) is 11.0. The standard InChI is InChI=1S/C24H26N6O2/c1-2-29-14-18(15-30-21(7-8-31)13-26-28-30)23(32)22-11-20(12-25-24(22)29)27-19-9-16-5-3-4-6-17(16)10-19/h3-6,11-14,19,27,31H,2,7-10,15H2,1H3. The lowest BCUT2D eigenvalue weighted by atomic mass is 10.1. The SMILES string of the molecule is CCn1cc(Cn2nncc2CCO)c(=O)c2cc(NC3Cc4ccccc4C3)cnc21. The van der Waals surface area contributed by atoms with Crippen LogP contribution in [0.4, 0.5) is 5.69 Å². The third-order valence-corrected chi connectivity index (χ3v) is 6.14. The van der Waals surface area contributed by atoms with E-state index in [4.69, 9.17) is 0 Å². The minimum Gasteiger partial charge on any atom is -0.396 e. The molecule has 0 saturated heterocycles. The Morgan fingerprint density at radius 2 is 1.97 bits per heavy atom. The van der Waals surface area contributed by atoms with Crippen LogP contribution in [0.25, 0.3) is 11.0 Å². The number of hydrogen-bond acceptors (Lipinski definition) is 6. The fourth-order valence-corrected chi connectivity index (χ4v) is 4.55. The molecule has 4 aromatic rings. The fraction of sp³-hybridized carbons (Fsp3) is 0.333. The number of nitrogens with zero attached hydrogens (tertiary/aromatic N) is 5. The molecule has 5 rings (SSSR count). The van der Waals surface area contributed by atoms with Gasteiger partial charge in [-0.1, -0.05) is 29.5 Å². The molecule has 32 heavy (non-hydrogen) atoms. The van der Waals surface area contributed by atoms with Crippen LogP contribution in [0.2, 0.25) is 0 Å². The van der Waals surface area contributed by atoms with Gasteiger partial charge in [0.25, 0.3) is 0 Å². The van der Waals surface area contributed by atoms with E-state index in [-0.39, 0.29) is 12.0 Å². The zero-order valence-corrected chi connectivity index (χ0v) is 18.0. The van der Waals surface area contributed by atoms with E-state index >= 15 is 0 Å². The van der Waals surface area contributed by atoms with Crippen LogP contribution in [0.1, 0.15) is 29.3 Å². The number of nitrogens with one attached hydrogen (secondary N) is 1. The minimum atomic E-state index is -0.0546. The number of fused-ring (bicyclic) bond motifs is 2. The van der Waals surface area contributed by atoms with Crippen molar-refractivity contribution >= 4 is 16.7 Å². The molecular formula is C24H26N6O2. The van der Waals surface area contributed by atoms with Gasteiger partial charge in [-0.2, -0.15) is 0 Å². The summed E-state index contributed by atoms with van der Waals surface area (Å²) in [4.78, 5) is 18.0. The Bertz CT molecular complexity index is 1300. The smallest absolute Gasteiger partial charge is 0.196 e. The van der Waals surface area contributed by atoms with Gasteiger partial charge in [0, 0.05) is 37.4 Å². The first-order chi connectivity index (χ1) is 15.7. The summed E-state index contributed by atoms with van der Waals surface area (Å²) in [7, 11) is 0. The maximum Gasteiger partial charge on any atom is 0.196 e. The average molecular weight is 431 g/mol. The van der Waals surface area contributed by atoms with Crippen molar-refractivity contribution in [2.24, 2.45) is 0 Å². The highest BCUT2D eigenvalue weighted by Crippen LogP contribution is 2.25. The lowest BCUT2D eigenvalue weighted by Crippen LogP contribution is -2.22. The van der Waals surface area contributed by atoms with Gasteiger partial charge in [-0.3, -0.25) is 4.79 Å². The molecule has 0 atom stereocenters. The van der Waals surface area contributed by atoms with Crippen LogP contribution < -0.4 is 10.7 Å². The molecule has 0 aliphatic heterocycles. The van der Waals surface area contributed by atoms with E-state index < -0.39 is 0 Å². The lowest BCUT2D eigenvalue weighted by molar-refractivity contribution is 0.295. The normalized spacial score (nSPS) is 13.6. The van der Waals surface area contributed by atoms with Crippen LogP contribution in [0, 0.1) is 0 Å². The molecule has 0 fully saturated rings. The molecule has 164 valence electrons. The molecule has 0 saturated carbocycles. The molecule has 0 unspecified atom stereocenters. The second kappa shape index (κ2) is 8.55. The van der Waals surface area contributed by atoms with Gasteiger partial charge in [-0.15, -0.1) is 5.10 Å². The summed E-state index contributed by atoms with van der Waals surface area (Å²) < 4.78 is 3.66. The Kier molecular flexibility index (Phi) is 5.45. The summed E-state index contributed by atoms with van der Waals surface area (Å²) in [6.45, 7) is 3.04. The number of benzene rings is 1. The van der Waals surface area contributed by atoms with Crippen molar-refractivity contribution in [2.45, 2.75) is 45.3 Å². The van der Waals surface area contributed by atoms with Crippen molar-refractivity contribution in [3.05, 3.63) is 81.5 Å². The van der Waals surface area contributed by atoms with Crippen molar-refractivity contribution in [1.82, 2.24) is 24.5 Å². The van der Waals surface area contributed by atoms with E-state index in [2.05, 4.69) is 44.9 Å². The Labute approximate surface area is 185 Å². The van der Waals surface area contributed by atoms with Crippen LogP contribution >= 0.6 is 0 Å². The Morgan fingerprint density at radius 3 is 2.69 bits per heavy atom. The number of hydrogen-bond donors (Lipinski definition) is 2. The molecule has 0 radical (unpaired) electrons. The summed E-state index contributed by atoms with van der Waals surface area (Å²) in [5, 5.41) is 21.4. The highest BCUT2D eigenvalue weighted by Gasteiger charge is 2.21. The van der Waals surface area contributed by atoms with Crippen LogP contribution in [0.15, 0.2) is 53.7 Å². The largest absolute Gasteiger partial charge is 0.396 e. The zero-order valence-electron chi connectivity index (χ0n) is 18.0. The summed E-state index contributed by atoms with van der Waals surface area (Å²) in [6, 6.07) is 10.7. The van der Waals surface area contributed by atoms with Crippen LogP contribution in [-0.4, -0.2) is 42.3 Å². The highest BCUT2D eigenvalue weighted by molar-refractivity contribution is 5.79. The van der Waals surface area contributed by atoms with Crippen molar-refractivity contribution in [3.63, 3.8) is 0 Å². The second-order valence-electron chi connectivity index (χ2n) is 8.24. The Balaban J connectivity index is 1.47. The predicted molar refractivity (Wildman–Crippen MR) is 123 cm³/mol. The number of aliphatic hydroxyl groups excluding tert-OH is 1. The molecule has 8 nitrogen and oxygen atoms in total. The molecule has 1 aliphatic carbocycles. The van der Waals surface area contributed by atoms with Gasteiger partial charge in [0.15, 0.2) is 5.43 Å². The van der Waals surface area contributed by atoms with Gasteiger partial charge in [-0.05, 0) is 37.0 Å². The molecule has 0 bridgehead atoms. The Morgan fingerprint density at radius 1 is 1.19 bits per heavy atom. The molecule has 0 spiro atoms. The first kappa shape index (κ1) is 20.4. The molecule has 2 N–H and O–H groups in total. The van der Waals surface area contributed by atoms with Crippen molar-refractivity contribution in [2.75, 3.05) is 11.9 Å². The van der Waals surface area contributed by atoms with Crippen LogP contribution in [0.3, 0.4) is 0 Å². The summed E-state index contributed by atoms with van der Waals surface area (Å²) in [6.07, 6.45) is 7.66. The maximum absolute atomic E-state index is 13.4. The highest BCUT2D eigenvalue weighted by atomic mass is 16.3. The number of pyridine rings is 2. The van der Waals surface area contributed by atoms with E-state index in [0.29, 0.717) is 42.1 Å². The first-order valence-electron chi connectivity index (χ1n) is 11.0. The third kappa shape index (κ3) is 3.78. The summed E-state index contributed by atoms with van der Waals surface area (Å²) in [5.41, 5.74) is 5.65. The Hall–Kier alpha value is -3.52. The van der Waals surface area contributed by atoms with E-state index in [0.717, 1.165) is 24.2 Å². The van der Waals surface area contributed by atoms with Crippen molar-refractivity contribution in [1.29, 1.82) is 0 Å². The number of anilines is 1. The topological polar surface area (TPSA) is 97.9 Å². The number of aryl methyl sites for hydroxylation is 1. The monoisotopic (exact) mass is 430 g/mol. The molecule has 1 aromatic carbocycles.